The number of aromatic nitrogens is 1. The minimum absolute atomic E-state index is 0.0481. The van der Waals surface area contributed by atoms with E-state index in [0.717, 1.165) is 71.7 Å². The lowest BCUT2D eigenvalue weighted by Gasteiger charge is -2.19. The number of fused-ring (bicyclic) bond motifs is 6. The lowest BCUT2D eigenvalue weighted by Crippen LogP contribution is -2.02. The largest absolute Gasteiger partial charge is 0.456 e. The van der Waals surface area contributed by atoms with E-state index in [-0.39, 0.29) is 10.6 Å². The number of benzene rings is 6. The zero-order valence-corrected chi connectivity index (χ0v) is 21.8. The number of furan rings is 1. The summed E-state index contributed by atoms with van der Waals surface area (Å²) >= 11 is 0. The van der Waals surface area contributed by atoms with Crippen molar-refractivity contribution >= 4 is 49.4 Å². The number of rotatable bonds is 4. The third-order valence-electron chi connectivity index (χ3n) is 7.87. The molecule has 0 aliphatic carbocycles. The lowest BCUT2D eigenvalue weighted by molar-refractivity contribution is -0.384. The summed E-state index contributed by atoms with van der Waals surface area (Å²) in [6.07, 6.45) is 0. The predicted octanol–water partition coefficient (Wildman–Crippen LogP) is 9.93. The van der Waals surface area contributed by atoms with Gasteiger partial charge in [-0.25, -0.2) is 0 Å². The molecule has 0 bridgehead atoms. The van der Waals surface area contributed by atoms with Crippen LogP contribution in [0.15, 0.2) is 138 Å². The standard InChI is InChI=1S/C36H22N2O3/c39-38(40)25-19-28(23-11-3-1-4-12-23)36(29(20-25)24-13-5-2-6-14-24)37-32-17-9-7-15-26(32)30-21-31-27-16-8-10-18-34(27)41-35(31)22-33(30)37/h1-22H. The maximum atomic E-state index is 12.2. The van der Waals surface area contributed by atoms with Crippen molar-refractivity contribution in [2.24, 2.45) is 0 Å². The molecular weight excluding hydrogens is 508 g/mol. The summed E-state index contributed by atoms with van der Waals surface area (Å²) < 4.78 is 8.57. The first kappa shape index (κ1) is 23.2. The fourth-order valence-corrected chi connectivity index (χ4v) is 6.07. The molecule has 0 radical (unpaired) electrons. The van der Waals surface area contributed by atoms with Gasteiger partial charge in [0.15, 0.2) is 0 Å². The highest BCUT2D eigenvalue weighted by Crippen LogP contribution is 2.44. The van der Waals surface area contributed by atoms with Crippen LogP contribution in [-0.2, 0) is 0 Å². The molecule has 0 unspecified atom stereocenters. The van der Waals surface area contributed by atoms with Crippen LogP contribution < -0.4 is 0 Å². The molecule has 0 saturated carbocycles. The van der Waals surface area contributed by atoms with E-state index in [1.807, 2.05) is 84.9 Å². The monoisotopic (exact) mass is 530 g/mol. The molecule has 0 N–H and O–H groups in total. The second kappa shape index (κ2) is 8.93. The van der Waals surface area contributed by atoms with Gasteiger partial charge in [-0.3, -0.25) is 10.1 Å². The van der Waals surface area contributed by atoms with Gasteiger partial charge in [-0.1, -0.05) is 97.1 Å². The Hall–Kier alpha value is -5.68. The summed E-state index contributed by atoms with van der Waals surface area (Å²) in [4.78, 5) is 11.9. The van der Waals surface area contributed by atoms with E-state index >= 15 is 0 Å². The number of nitro benzene ring substituents is 1. The summed E-state index contributed by atoms with van der Waals surface area (Å²) in [7, 11) is 0. The third-order valence-corrected chi connectivity index (χ3v) is 7.87. The number of hydrogen-bond donors (Lipinski definition) is 0. The molecule has 0 fully saturated rings. The van der Waals surface area contributed by atoms with Gasteiger partial charge in [0.05, 0.1) is 21.6 Å². The Morgan fingerprint density at radius 1 is 0.537 bits per heavy atom. The second-order valence-electron chi connectivity index (χ2n) is 10.2. The minimum atomic E-state index is -0.313. The Kier molecular flexibility index (Phi) is 5.06. The van der Waals surface area contributed by atoms with Gasteiger partial charge in [0.25, 0.3) is 5.69 Å². The predicted molar refractivity (Wildman–Crippen MR) is 166 cm³/mol. The molecule has 5 heteroatoms. The first-order chi connectivity index (χ1) is 20.2. The molecule has 0 aliphatic rings. The molecule has 5 nitrogen and oxygen atoms in total. The highest BCUT2D eigenvalue weighted by Gasteiger charge is 2.24. The molecule has 6 aromatic carbocycles. The molecular formula is C36H22N2O3. The van der Waals surface area contributed by atoms with Crippen molar-refractivity contribution in [3.63, 3.8) is 0 Å². The molecule has 41 heavy (non-hydrogen) atoms. The molecule has 0 saturated heterocycles. The average molecular weight is 531 g/mol. The third kappa shape index (κ3) is 3.56. The van der Waals surface area contributed by atoms with Crippen LogP contribution in [0.5, 0.6) is 0 Å². The molecule has 2 heterocycles. The fourth-order valence-electron chi connectivity index (χ4n) is 6.07. The smallest absolute Gasteiger partial charge is 0.270 e. The zero-order chi connectivity index (χ0) is 27.5. The summed E-state index contributed by atoms with van der Waals surface area (Å²) in [5, 5.41) is 16.5. The summed E-state index contributed by atoms with van der Waals surface area (Å²) in [5.74, 6) is 0. The van der Waals surface area contributed by atoms with E-state index in [0.29, 0.717) is 0 Å². The van der Waals surface area contributed by atoms with Crippen molar-refractivity contribution < 1.29 is 9.34 Å². The van der Waals surface area contributed by atoms with Gasteiger partial charge >= 0.3 is 0 Å². The van der Waals surface area contributed by atoms with Gasteiger partial charge in [0.1, 0.15) is 11.2 Å². The SMILES string of the molecule is O=[N+]([O-])c1cc(-c2ccccc2)c(-n2c3ccccc3c3cc4c(cc32)oc2ccccc24)c(-c2ccccc2)c1. The van der Waals surface area contributed by atoms with E-state index in [2.05, 4.69) is 41.0 Å². The first-order valence-corrected chi connectivity index (χ1v) is 13.5. The number of non-ortho nitro benzene ring substituents is 1. The van der Waals surface area contributed by atoms with Crippen LogP contribution >= 0.6 is 0 Å². The Labute approximate surface area is 234 Å². The molecule has 8 aromatic rings. The van der Waals surface area contributed by atoms with Gasteiger partial charge in [-0.15, -0.1) is 0 Å². The topological polar surface area (TPSA) is 61.2 Å². The number of para-hydroxylation sites is 2. The second-order valence-corrected chi connectivity index (χ2v) is 10.2. The van der Waals surface area contributed by atoms with Crippen LogP contribution in [0.4, 0.5) is 5.69 Å². The number of hydrogen-bond acceptors (Lipinski definition) is 3. The lowest BCUT2D eigenvalue weighted by atomic mass is 9.94. The van der Waals surface area contributed by atoms with Crippen LogP contribution in [0.3, 0.4) is 0 Å². The van der Waals surface area contributed by atoms with Gasteiger partial charge in [0.2, 0.25) is 0 Å². The Morgan fingerprint density at radius 3 is 1.78 bits per heavy atom. The van der Waals surface area contributed by atoms with Crippen LogP contribution in [-0.4, -0.2) is 9.49 Å². The normalized spacial score (nSPS) is 11.6. The molecule has 2 aromatic heterocycles. The van der Waals surface area contributed by atoms with Crippen molar-refractivity contribution in [2.75, 3.05) is 0 Å². The van der Waals surface area contributed by atoms with Crippen LogP contribution in [0.25, 0.3) is 71.7 Å². The number of nitrogens with zero attached hydrogens (tertiary/aromatic N) is 2. The van der Waals surface area contributed by atoms with Crippen LogP contribution in [0.1, 0.15) is 0 Å². The highest BCUT2D eigenvalue weighted by molar-refractivity contribution is 6.18. The van der Waals surface area contributed by atoms with Gasteiger partial charge < -0.3 is 8.98 Å². The maximum absolute atomic E-state index is 12.2. The van der Waals surface area contributed by atoms with E-state index in [9.17, 15) is 10.1 Å². The van der Waals surface area contributed by atoms with Crippen molar-refractivity contribution in [2.45, 2.75) is 0 Å². The Bertz CT molecular complexity index is 2220. The number of nitro groups is 1. The Morgan fingerprint density at radius 2 is 1.12 bits per heavy atom. The molecule has 194 valence electrons. The van der Waals surface area contributed by atoms with Crippen molar-refractivity contribution in [3.05, 3.63) is 144 Å². The van der Waals surface area contributed by atoms with E-state index in [1.54, 1.807) is 12.1 Å². The van der Waals surface area contributed by atoms with E-state index in [4.69, 9.17) is 4.42 Å². The average Bonchev–Trinajstić information content (AvgIpc) is 3.55. The van der Waals surface area contributed by atoms with Crippen molar-refractivity contribution in [3.8, 4) is 27.9 Å². The van der Waals surface area contributed by atoms with Crippen LogP contribution in [0.2, 0.25) is 0 Å². The fraction of sp³-hybridized carbons (Fsp3) is 0. The summed E-state index contributed by atoms with van der Waals surface area (Å²) in [6, 6.07) is 43.9. The van der Waals surface area contributed by atoms with Crippen LogP contribution in [0, 0.1) is 10.1 Å². The van der Waals surface area contributed by atoms with Crippen molar-refractivity contribution in [1.29, 1.82) is 0 Å². The molecule has 0 aliphatic heterocycles. The van der Waals surface area contributed by atoms with Gasteiger partial charge in [0, 0.05) is 50.9 Å². The summed E-state index contributed by atoms with van der Waals surface area (Å²) in [5.41, 5.74) is 7.93. The van der Waals surface area contributed by atoms with E-state index in [1.165, 1.54) is 0 Å². The molecule has 0 spiro atoms. The molecule has 8 rings (SSSR count). The summed E-state index contributed by atoms with van der Waals surface area (Å²) in [6.45, 7) is 0. The zero-order valence-electron chi connectivity index (χ0n) is 21.8. The highest BCUT2D eigenvalue weighted by atomic mass is 16.6. The van der Waals surface area contributed by atoms with E-state index < -0.39 is 0 Å². The Balaban J connectivity index is 1.58. The van der Waals surface area contributed by atoms with Gasteiger partial charge in [-0.2, -0.15) is 0 Å². The molecule has 0 amide bonds. The molecule has 0 atom stereocenters. The maximum Gasteiger partial charge on any atom is 0.270 e. The first-order valence-electron chi connectivity index (χ1n) is 13.5. The minimum Gasteiger partial charge on any atom is -0.456 e. The van der Waals surface area contributed by atoms with Crippen molar-refractivity contribution in [1.82, 2.24) is 4.57 Å². The van der Waals surface area contributed by atoms with Gasteiger partial charge in [-0.05, 0) is 29.3 Å². The quantitative estimate of drug-likeness (QED) is 0.168.